The van der Waals surface area contributed by atoms with Gasteiger partial charge in [-0.1, -0.05) is 36.4 Å². The molecule has 0 atom stereocenters. The number of hydrogen-bond donors (Lipinski definition) is 2. The Bertz CT molecular complexity index is 514. The van der Waals surface area contributed by atoms with E-state index in [4.69, 9.17) is 9.16 Å². The molecule has 4 nitrogen and oxygen atoms in total. The van der Waals surface area contributed by atoms with Crippen LogP contribution in [0.1, 0.15) is 0 Å². The molecule has 0 unspecified atom stereocenters. The molecule has 0 aliphatic rings. The van der Waals surface area contributed by atoms with E-state index in [1.54, 1.807) is 31.4 Å². The number of phenolic OH excluding ortho intramolecular Hbond substituents is 2. The zero-order valence-corrected chi connectivity index (χ0v) is 12.2. The third kappa shape index (κ3) is 3.39. The highest BCUT2D eigenvalue weighted by Gasteiger charge is 2.24. The van der Waals surface area contributed by atoms with Crippen molar-refractivity contribution in [2.75, 3.05) is 20.3 Å². The van der Waals surface area contributed by atoms with Gasteiger partial charge in [0.2, 0.25) is 0 Å². The van der Waals surface area contributed by atoms with Gasteiger partial charge in [0.25, 0.3) is 9.04 Å². The van der Waals surface area contributed by atoms with Crippen LogP contribution in [0.2, 0.25) is 0 Å². The predicted octanol–water partition coefficient (Wildman–Crippen LogP) is 0.866. The van der Waals surface area contributed by atoms with E-state index >= 15 is 0 Å². The van der Waals surface area contributed by atoms with Gasteiger partial charge in [-0.2, -0.15) is 0 Å². The molecule has 2 aromatic carbocycles. The Morgan fingerprint density at radius 1 is 0.850 bits per heavy atom. The van der Waals surface area contributed by atoms with Crippen LogP contribution >= 0.6 is 0 Å². The average molecular weight is 289 g/mol. The lowest BCUT2D eigenvalue weighted by molar-refractivity contribution is 0.148. The van der Waals surface area contributed by atoms with Gasteiger partial charge in [0, 0.05) is 17.5 Å². The Balaban J connectivity index is 2.35. The first-order valence-corrected chi connectivity index (χ1v) is 7.70. The topological polar surface area (TPSA) is 58.9 Å². The first-order valence-electron chi connectivity index (χ1n) is 6.29. The quantitative estimate of drug-likeness (QED) is 0.612. The molecule has 0 saturated carbocycles. The molecule has 105 valence electrons. The van der Waals surface area contributed by atoms with E-state index in [2.05, 4.69) is 0 Å². The van der Waals surface area contributed by atoms with Crippen molar-refractivity contribution in [1.29, 1.82) is 0 Å². The normalized spacial score (nSPS) is 10.9. The fourth-order valence-electron chi connectivity index (χ4n) is 1.86. The smallest absolute Gasteiger partial charge is 0.290 e. The van der Waals surface area contributed by atoms with Gasteiger partial charge in [-0.05, 0) is 12.1 Å². The number of ether oxygens (including phenoxy) is 1. The molecule has 2 N–H and O–H groups in total. The van der Waals surface area contributed by atoms with Crippen LogP contribution in [-0.2, 0) is 9.16 Å². The number of hydrogen-bond acceptors (Lipinski definition) is 4. The number of para-hydroxylation sites is 2. The standard InChI is InChI=1S/C15H17O4Si/c1-18-10-11-19-20(14-8-4-2-6-12(14)16)15-9-5-3-7-13(15)17/h2-9,16-17H,10-11H2,1H3. The number of aromatic hydroxyl groups is 2. The van der Waals surface area contributed by atoms with Crippen molar-refractivity contribution in [1.82, 2.24) is 0 Å². The van der Waals surface area contributed by atoms with Crippen molar-refractivity contribution in [2.24, 2.45) is 0 Å². The van der Waals surface area contributed by atoms with Crippen LogP contribution in [0.3, 0.4) is 0 Å². The summed E-state index contributed by atoms with van der Waals surface area (Å²) in [5.41, 5.74) is 0. The molecular formula is C15H17O4Si. The second-order valence-corrected chi connectivity index (χ2v) is 6.23. The van der Waals surface area contributed by atoms with Gasteiger partial charge in [0.1, 0.15) is 11.5 Å². The van der Waals surface area contributed by atoms with Gasteiger partial charge in [-0.25, -0.2) is 0 Å². The molecule has 0 spiro atoms. The first kappa shape index (κ1) is 14.6. The zero-order valence-electron chi connectivity index (χ0n) is 11.2. The van der Waals surface area contributed by atoms with Crippen LogP contribution in [0, 0.1) is 0 Å². The molecular weight excluding hydrogens is 272 g/mol. The summed E-state index contributed by atoms with van der Waals surface area (Å²) < 4.78 is 10.9. The van der Waals surface area contributed by atoms with Crippen LogP contribution in [-0.4, -0.2) is 39.6 Å². The monoisotopic (exact) mass is 289 g/mol. The van der Waals surface area contributed by atoms with Crippen LogP contribution in [0.4, 0.5) is 0 Å². The second-order valence-electron chi connectivity index (χ2n) is 4.20. The van der Waals surface area contributed by atoms with Gasteiger partial charge in [0.15, 0.2) is 0 Å². The zero-order chi connectivity index (χ0) is 14.4. The lowest BCUT2D eigenvalue weighted by Crippen LogP contribution is -2.45. The third-order valence-electron chi connectivity index (χ3n) is 2.83. The van der Waals surface area contributed by atoms with Crippen molar-refractivity contribution in [3.63, 3.8) is 0 Å². The first-order chi connectivity index (χ1) is 9.74. The lowest BCUT2D eigenvalue weighted by atomic mass is 10.3. The molecule has 0 saturated heterocycles. The Morgan fingerprint density at radius 3 is 1.80 bits per heavy atom. The molecule has 0 heterocycles. The van der Waals surface area contributed by atoms with E-state index in [1.165, 1.54) is 0 Å². The summed E-state index contributed by atoms with van der Waals surface area (Å²) in [7, 11) is -0.106. The second kappa shape index (κ2) is 7.09. The highest BCUT2D eigenvalue weighted by atomic mass is 28.3. The largest absolute Gasteiger partial charge is 0.508 e. The highest BCUT2D eigenvalue weighted by molar-refractivity contribution is 6.81. The molecule has 0 aliphatic heterocycles. The maximum atomic E-state index is 10.0. The van der Waals surface area contributed by atoms with Gasteiger partial charge in [-0.3, -0.25) is 0 Å². The van der Waals surface area contributed by atoms with Crippen molar-refractivity contribution in [3.05, 3.63) is 48.5 Å². The molecule has 0 aliphatic carbocycles. The summed E-state index contributed by atoms with van der Waals surface area (Å²) in [6.45, 7) is 0.878. The summed E-state index contributed by atoms with van der Waals surface area (Å²) in [6.07, 6.45) is 0. The summed E-state index contributed by atoms with van der Waals surface area (Å²) in [6, 6.07) is 14.1. The van der Waals surface area contributed by atoms with E-state index < -0.39 is 9.04 Å². The highest BCUT2D eigenvalue weighted by Crippen LogP contribution is 2.11. The lowest BCUT2D eigenvalue weighted by Gasteiger charge is -2.18. The third-order valence-corrected chi connectivity index (χ3v) is 5.15. The summed E-state index contributed by atoms with van der Waals surface area (Å²) in [5, 5.41) is 21.5. The Hall–Kier alpha value is -1.82. The SMILES string of the molecule is COCCO[Si](c1ccccc1O)c1ccccc1O. The molecule has 0 amide bonds. The van der Waals surface area contributed by atoms with Gasteiger partial charge in [0.05, 0.1) is 13.2 Å². The summed E-state index contributed by atoms with van der Waals surface area (Å²) >= 11 is 0. The Morgan fingerprint density at radius 2 is 1.35 bits per heavy atom. The van der Waals surface area contributed by atoms with Gasteiger partial charge >= 0.3 is 0 Å². The van der Waals surface area contributed by atoms with Crippen molar-refractivity contribution >= 4 is 19.4 Å². The van der Waals surface area contributed by atoms with Crippen LogP contribution < -0.4 is 10.4 Å². The fraction of sp³-hybridized carbons (Fsp3) is 0.200. The maximum Gasteiger partial charge on any atom is 0.290 e. The van der Waals surface area contributed by atoms with Crippen molar-refractivity contribution in [2.45, 2.75) is 0 Å². The maximum absolute atomic E-state index is 10.0. The van der Waals surface area contributed by atoms with Gasteiger partial charge < -0.3 is 19.4 Å². The number of benzene rings is 2. The molecule has 0 fully saturated rings. The molecule has 5 heteroatoms. The number of rotatable bonds is 6. The van der Waals surface area contributed by atoms with Crippen LogP contribution in [0.25, 0.3) is 0 Å². The molecule has 0 bridgehead atoms. The Kier molecular flexibility index (Phi) is 5.17. The minimum absolute atomic E-state index is 0.182. The van der Waals surface area contributed by atoms with Crippen LogP contribution in [0.15, 0.2) is 48.5 Å². The summed E-state index contributed by atoms with van der Waals surface area (Å²) in [5.74, 6) is 0.365. The molecule has 0 aromatic heterocycles. The minimum Gasteiger partial charge on any atom is -0.508 e. The number of phenols is 2. The van der Waals surface area contributed by atoms with E-state index in [1.807, 2.05) is 24.3 Å². The molecule has 2 rings (SSSR count). The predicted molar refractivity (Wildman–Crippen MR) is 79.1 cm³/mol. The fourth-order valence-corrected chi connectivity index (χ4v) is 3.87. The van der Waals surface area contributed by atoms with E-state index in [0.29, 0.717) is 13.2 Å². The van der Waals surface area contributed by atoms with Crippen LogP contribution in [0.5, 0.6) is 11.5 Å². The van der Waals surface area contributed by atoms with E-state index in [0.717, 1.165) is 10.4 Å². The average Bonchev–Trinajstić information content (AvgIpc) is 2.46. The number of methoxy groups -OCH3 is 1. The Labute approximate surface area is 119 Å². The van der Waals surface area contributed by atoms with E-state index in [9.17, 15) is 10.2 Å². The van der Waals surface area contributed by atoms with Crippen molar-refractivity contribution in [3.8, 4) is 11.5 Å². The van der Waals surface area contributed by atoms with Crippen molar-refractivity contribution < 1.29 is 19.4 Å². The van der Waals surface area contributed by atoms with E-state index in [-0.39, 0.29) is 11.5 Å². The molecule has 1 radical (unpaired) electrons. The molecule has 2 aromatic rings. The summed E-state index contributed by atoms with van der Waals surface area (Å²) in [4.78, 5) is 0. The van der Waals surface area contributed by atoms with Gasteiger partial charge in [-0.15, -0.1) is 0 Å². The minimum atomic E-state index is -1.71. The molecule has 20 heavy (non-hydrogen) atoms.